The van der Waals surface area contributed by atoms with Gasteiger partial charge < -0.3 is 15.1 Å². The summed E-state index contributed by atoms with van der Waals surface area (Å²) < 4.78 is 0. The molecule has 4 nitrogen and oxygen atoms in total. The number of aromatic hydroxyl groups is 2. The van der Waals surface area contributed by atoms with Crippen molar-refractivity contribution in [3.05, 3.63) is 17.7 Å². The normalized spacial score (nSPS) is 15.4. The van der Waals surface area contributed by atoms with Gasteiger partial charge in [-0.3, -0.25) is 4.79 Å². The highest BCUT2D eigenvalue weighted by Gasteiger charge is 2.18. The average Bonchev–Trinajstić information content (AvgIpc) is 2.67. The molecular weight excluding hydrogens is 206 g/mol. The number of ketones is 1. The van der Waals surface area contributed by atoms with Crippen LogP contribution in [-0.4, -0.2) is 29.1 Å². The van der Waals surface area contributed by atoms with Gasteiger partial charge in [-0.1, -0.05) is 0 Å². The van der Waals surface area contributed by atoms with Crippen molar-refractivity contribution in [3.63, 3.8) is 0 Å². The van der Waals surface area contributed by atoms with Crippen LogP contribution in [0.4, 0.5) is 5.69 Å². The fourth-order valence-corrected chi connectivity index (χ4v) is 2.12. The van der Waals surface area contributed by atoms with E-state index in [1.54, 1.807) is 12.1 Å². The van der Waals surface area contributed by atoms with Crippen LogP contribution in [0, 0.1) is 0 Å². The number of hydrogen-bond donors (Lipinski definition) is 2. The van der Waals surface area contributed by atoms with Gasteiger partial charge in [0.1, 0.15) is 17.1 Å². The molecule has 1 aromatic carbocycles. The minimum absolute atomic E-state index is 0.00273. The molecule has 2 rings (SSSR count). The van der Waals surface area contributed by atoms with Crippen molar-refractivity contribution in [2.45, 2.75) is 19.8 Å². The molecule has 2 N–H and O–H groups in total. The fraction of sp³-hybridized carbons (Fsp3) is 0.417. The Hall–Kier alpha value is -1.71. The second-order valence-electron chi connectivity index (χ2n) is 4.11. The molecule has 4 heteroatoms. The molecule has 0 bridgehead atoms. The summed E-state index contributed by atoms with van der Waals surface area (Å²) in [6.07, 6.45) is 2.24. The third-order valence-electron chi connectivity index (χ3n) is 2.90. The summed E-state index contributed by atoms with van der Waals surface area (Å²) in [5.41, 5.74) is 0.778. The van der Waals surface area contributed by atoms with Crippen LogP contribution in [0.2, 0.25) is 0 Å². The molecule has 0 aliphatic carbocycles. The average molecular weight is 221 g/mol. The minimum atomic E-state index is -0.331. The summed E-state index contributed by atoms with van der Waals surface area (Å²) in [6, 6.07) is 3.09. The number of rotatable bonds is 2. The first kappa shape index (κ1) is 10.8. The Bertz CT molecular complexity index is 399. The molecule has 1 saturated heterocycles. The van der Waals surface area contributed by atoms with Gasteiger partial charge in [-0.25, -0.2) is 0 Å². The number of phenols is 2. The number of phenolic OH excluding ortho intramolecular Hbond substituents is 2. The van der Waals surface area contributed by atoms with Gasteiger partial charge in [-0.05, 0) is 19.8 Å². The highest BCUT2D eigenvalue weighted by atomic mass is 16.3. The first-order valence-corrected chi connectivity index (χ1v) is 5.41. The summed E-state index contributed by atoms with van der Waals surface area (Å²) in [5.74, 6) is -0.619. The summed E-state index contributed by atoms with van der Waals surface area (Å²) >= 11 is 0. The Labute approximate surface area is 94.1 Å². The van der Waals surface area contributed by atoms with Gasteiger partial charge in [0, 0.05) is 30.9 Å². The van der Waals surface area contributed by atoms with Gasteiger partial charge in [-0.2, -0.15) is 0 Å². The maximum absolute atomic E-state index is 11.2. The summed E-state index contributed by atoms with van der Waals surface area (Å²) in [7, 11) is 0. The summed E-state index contributed by atoms with van der Waals surface area (Å²) in [4.78, 5) is 13.3. The van der Waals surface area contributed by atoms with Gasteiger partial charge in [-0.15, -0.1) is 0 Å². The summed E-state index contributed by atoms with van der Waals surface area (Å²) in [6.45, 7) is 3.18. The fourth-order valence-electron chi connectivity index (χ4n) is 2.12. The van der Waals surface area contributed by atoms with E-state index in [0.29, 0.717) is 0 Å². The van der Waals surface area contributed by atoms with E-state index in [-0.39, 0.29) is 22.8 Å². The molecule has 0 saturated carbocycles. The molecule has 1 fully saturated rings. The standard InChI is InChI=1S/C12H15NO3/c1-8(14)12-10(15)6-9(7-11(12)16)13-4-2-3-5-13/h6-7,15-16H,2-5H2,1H3. The highest BCUT2D eigenvalue weighted by Crippen LogP contribution is 2.34. The van der Waals surface area contributed by atoms with Crippen LogP contribution >= 0.6 is 0 Å². The molecular formula is C12H15NO3. The van der Waals surface area contributed by atoms with Crippen molar-refractivity contribution in [2.75, 3.05) is 18.0 Å². The zero-order valence-electron chi connectivity index (χ0n) is 9.23. The van der Waals surface area contributed by atoms with Crippen LogP contribution in [-0.2, 0) is 0 Å². The van der Waals surface area contributed by atoms with Crippen molar-refractivity contribution in [1.29, 1.82) is 0 Å². The van der Waals surface area contributed by atoms with Crippen molar-refractivity contribution in [3.8, 4) is 11.5 Å². The Morgan fingerprint density at radius 3 is 2.12 bits per heavy atom. The number of carbonyl (C=O) groups excluding carboxylic acids is 1. The maximum Gasteiger partial charge on any atom is 0.167 e. The Morgan fingerprint density at radius 2 is 1.69 bits per heavy atom. The van der Waals surface area contributed by atoms with Crippen molar-refractivity contribution in [1.82, 2.24) is 0 Å². The Kier molecular flexibility index (Phi) is 2.73. The van der Waals surface area contributed by atoms with E-state index in [1.165, 1.54) is 6.92 Å². The molecule has 0 radical (unpaired) electrons. The quantitative estimate of drug-likeness (QED) is 0.749. The van der Waals surface area contributed by atoms with Gasteiger partial charge in [0.05, 0.1) is 0 Å². The number of carbonyl (C=O) groups is 1. The zero-order chi connectivity index (χ0) is 11.7. The minimum Gasteiger partial charge on any atom is -0.507 e. The number of Topliss-reactive ketones (excluding diaryl/α,β-unsaturated/α-hetero) is 1. The van der Waals surface area contributed by atoms with Crippen molar-refractivity contribution in [2.24, 2.45) is 0 Å². The lowest BCUT2D eigenvalue weighted by molar-refractivity contribution is 0.101. The molecule has 0 aromatic heterocycles. The Balaban J connectivity index is 2.40. The number of benzene rings is 1. The maximum atomic E-state index is 11.2. The monoisotopic (exact) mass is 221 g/mol. The second-order valence-corrected chi connectivity index (χ2v) is 4.11. The van der Waals surface area contributed by atoms with Crippen molar-refractivity contribution >= 4 is 11.5 Å². The van der Waals surface area contributed by atoms with E-state index < -0.39 is 0 Å². The lowest BCUT2D eigenvalue weighted by Crippen LogP contribution is -2.17. The smallest absolute Gasteiger partial charge is 0.167 e. The first-order valence-electron chi connectivity index (χ1n) is 5.41. The van der Waals surface area contributed by atoms with E-state index in [1.807, 2.05) is 0 Å². The molecule has 1 heterocycles. The zero-order valence-corrected chi connectivity index (χ0v) is 9.23. The van der Waals surface area contributed by atoms with Crippen LogP contribution in [0.15, 0.2) is 12.1 Å². The van der Waals surface area contributed by atoms with E-state index in [2.05, 4.69) is 4.90 Å². The molecule has 0 atom stereocenters. The van der Waals surface area contributed by atoms with E-state index in [4.69, 9.17) is 0 Å². The van der Waals surface area contributed by atoms with Gasteiger partial charge in [0.15, 0.2) is 5.78 Å². The van der Waals surface area contributed by atoms with E-state index >= 15 is 0 Å². The van der Waals surface area contributed by atoms with Crippen LogP contribution < -0.4 is 4.90 Å². The number of hydrogen-bond acceptors (Lipinski definition) is 4. The first-order chi connectivity index (χ1) is 7.59. The molecule has 1 aliphatic rings. The molecule has 86 valence electrons. The second kappa shape index (κ2) is 4.04. The number of anilines is 1. The third kappa shape index (κ3) is 1.83. The molecule has 16 heavy (non-hydrogen) atoms. The predicted molar refractivity (Wildman–Crippen MR) is 61.2 cm³/mol. The topological polar surface area (TPSA) is 60.8 Å². The molecule has 0 amide bonds. The van der Waals surface area contributed by atoms with Crippen LogP contribution in [0.25, 0.3) is 0 Å². The Morgan fingerprint density at radius 1 is 1.19 bits per heavy atom. The van der Waals surface area contributed by atoms with Crippen LogP contribution in [0.3, 0.4) is 0 Å². The van der Waals surface area contributed by atoms with Crippen LogP contribution in [0.5, 0.6) is 11.5 Å². The lowest BCUT2D eigenvalue weighted by Gasteiger charge is -2.19. The third-order valence-corrected chi connectivity index (χ3v) is 2.90. The van der Waals surface area contributed by atoms with Gasteiger partial charge in [0.2, 0.25) is 0 Å². The predicted octanol–water partition coefficient (Wildman–Crippen LogP) is 1.90. The van der Waals surface area contributed by atoms with Crippen LogP contribution in [0.1, 0.15) is 30.1 Å². The molecule has 0 unspecified atom stereocenters. The summed E-state index contributed by atoms with van der Waals surface area (Å²) in [5, 5.41) is 19.4. The van der Waals surface area contributed by atoms with Gasteiger partial charge >= 0.3 is 0 Å². The SMILES string of the molecule is CC(=O)c1c(O)cc(N2CCCC2)cc1O. The largest absolute Gasteiger partial charge is 0.507 e. The number of nitrogens with zero attached hydrogens (tertiary/aromatic N) is 1. The van der Waals surface area contributed by atoms with E-state index in [9.17, 15) is 15.0 Å². The molecule has 1 aromatic rings. The lowest BCUT2D eigenvalue weighted by atomic mass is 10.1. The van der Waals surface area contributed by atoms with Crippen molar-refractivity contribution < 1.29 is 15.0 Å². The molecule has 1 aliphatic heterocycles. The molecule has 0 spiro atoms. The van der Waals surface area contributed by atoms with Gasteiger partial charge in [0.25, 0.3) is 0 Å². The van der Waals surface area contributed by atoms with E-state index in [0.717, 1.165) is 31.6 Å². The highest BCUT2D eigenvalue weighted by molar-refractivity contribution is 6.00.